The zero-order valence-electron chi connectivity index (χ0n) is 22.3. The summed E-state index contributed by atoms with van der Waals surface area (Å²) in [7, 11) is 0. The zero-order chi connectivity index (χ0) is 31.6. The maximum absolute atomic E-state index is 13.6. The minimum Gasteiger partial charge on any atom is -0.492 e. The molecule has 2 rings (SSSR count). The highest BCUT2D eigenvalue weighted by Crippen LogP contribution is 2.48. The molecule has 0 radical (unpaired) electrons. The van der Waals surface area contributed by atoms with Crippen LogP contribution in [-0.2, 0) is 16.0 Å². The van der Waals surface area contributed by atoms with Crippen LogP contribution in [0.5, 0.6) is 11.5 Å². The molecule has 2 aromatic carbocycles. The van der Waals surface area contributed by atoms with E-state index in [9.17, 15) is 45.4 Å². The molecule has 1 N–H and O–H groups in total. The van der Waals surface area contributed by atoms with E-state index < -0.39 is 49.0 Å². The lowest BCUT2D eigenvalue weighted by Gasteiger charge is -2.28. The number of hydrogen-bond donors (Lipinski definition) is 1. The Morgan fingerprint density at radius 1 is 0.905 bits per heavy atom. The third-order valence-corrected chi connectivity index (χ3v) is 6.41. The van der Waals surface area contributed by atoms with Crippen molar-refractivity contribution >= 4 is 28.0 Å². The molecule has 0 spiro atoms. The van der Waals surface area contributed by atoms with E-state index in [1.807, 2.05) is 0 Å². The second-order valence-electron chi connectivity index (χ2n) is 9.02. The molecule has 0 aliphatic carbocycles. The first-order valence-electron chi connectivity index (χ1n) is 12.7. The number of nitrogens with zero attached hydrogens (tertiary/aromatic N) is 1. The highest BCUT2D eigenvalue weighted by atomic mass is 79.9. The van der Waals surface area contributed by atoms with E-state index in [4.69, 9.17) is 14.2 Å². The Bertz CT molecular complexity index is 1150. The van der Waals surface area contributed by atoms with Gasteiger partial charge in [0.1, 0.15) is 18.1 Å². The SMILES string of the molecule is CCOC(Cc1ccc(OCCN(CCCCC(F)(F)C(F)(F)C(F)(F)F)C(=O)Oc2ccc(Br)cc2)cc1)C(=O)O. The van der Waals surface area contributed by atoms with Gasteiger partial charge in [-0.05, 0) is 61.7 Å². The number of carbonyl (C=O) groups is 2. The van der Waals surface area contributed by atoms with Crippen molar-refractivity contribution < 1.29 is 59.6 Å². The summed E-state index contributed by atoms with van der Waals surface area (Å²) in [4.78, 5) is 25.1. The van der Waals surface area contributed by atoms with Crippen LogP contribution in [0.3, 0.4) is 0 Å². The molecule has 0 aliphatic heterocycles. The molecule has 0 heterocycles. The van der Waals surface area contributed by atoms with Gasteiger partial charge in [-0.15, -0.1) is 0 Å². The first kappa shape index (κ1) is 35.1. The summed E-state index contributed by atoms with van der Waals surface area (Å²) >= 11 is 3.23. The molecule has 234 valence electrons. The van der Waals surface area contributed by atoms with E-state index in [1.54, 1.807) is 43.3 Å². The fourth-order valence-electron chi connectivity index (χ4n) is 3.60. The maximum Gasteiger partial charge on any atom is 0.459 e. The van der Waals surface area contributed by atoms with Crippen LogP contribution < -0.4 is 9.47 Å². The van der Waals surface area contributed by atoms with E-state index in [-0.39, 0.29) is 44.9 Å². The van der Waals surface area contributed by atoms with Crippen molar-refractivity contribution in [3.63, 3.8) is 0 Å². The fraction of sp³-hybridized carbons (Fsp3) is 0.481. The quantitative estimate of drug-likeness (QED) is 0.148. The van der Waals surface area contributed by atoms with Gasteiger partial charge in [-0.25, -0.2) is 9.59 Å². The van der Waals surface area contributed by atoms with Gasteiger partial charge in [0.25, 0.3) is 0 Å². The Morgan fingerprint density at radius 3 is 2.05 bits per heavy atom. The van der Waals surface area contributed by atoms with Crippen molar-refractivity contribution in [2.24, 2.45) is 0 Å². The van der Waals surface area contributed by atoms with Crippen molar-refractivity contribution in [3.8, 4) is 11.5 Å². The molecule has 2 aromatic rings. The van der Waals surface area contributed by atoms with Crippen LogP contribution in [0.1, 0.15) is 31.7 Å². The number of hydrogen-bond acceptors (Lipinski definition) is 5. The maximum atomic E-state index is 13.6. The molecule has 1 unspecified atom stereocenters. The van der Waals surface area contributed by atoms with Gasteiger partial charge in [0.2, 0.25) is 0 Å². The van der Waals surface area contributed by atoms with Crippen LogP contribution in [0, 0.1) is 0 Å². The molecule has 1 amide bonds. The number of carboxylic acids is 1. The summed E-state index contributed by atoms with van der Waals surface area (Å²) in [6, 6.07) is 12.5. The number of rotatable bonds is 16. The average Bonchev–Trinajstić information content (AvgIpc) is 2.91. The number of benzene rings is 2. The van der Waals surface area contributed by atoms with Gasteiger partial charge >= 0.3 is 30.1 Å². The Balaban J connectivity index is 1.99. The Kier molecular flexibility index (Phi) is 12.9. The molecule has 0 aliphatic rings. The first-order chi connectivity index (χ1) is 19.6. The van der Waals surface area contributed by atoms with Crippen molar-refractivity contribution in [1.29, 1.82) is 0 Å². The number of carboxylic acid groups (broad SMARTS) is 1. The van der Waals surface area contributed by atoms with Crippen LogP contribution in [0.25, 0.3) is 0 Å². The lowest BCUT2D eigenvalue weighted by molar-refractivity contribution is -0.355. The predicted octanol–water partition coefficient (Wildman–Crippen LogP) is 7.36. The van der Waals surface area contributed by atoms with Crippen molar-refractivity contribution in [1.82, 2.24) is 4.90 Å². The second kappa shape index (κ2) is 15.4. The molecular weight excluding hydrogens is 647 g/mol. The Hall–Kier alpha value is -3.07. The number of unbranched alkanes of at least 4 members (excludes halogenated alkanes) is 1. The van der Waals surface area contributed by atoms with Crippen molar-refractivity contribution in [3.05, 3.63) is 58.6 Å². The summed E-state index contributed by atoms with van der Waals surface area (Å²) in [6.07, 6.45) is -11.0. The molecule has 1 atom stereocenters. The van der Waals surface area contributed by atoms with Gasteiger partial charge in [0, 0.05) is 30.5 Å². The van der Waals surface area contributed by atoms with E-state index >= 15 is 0 Å². The Labute approximate surface area is 245 Å². The summed E-state index contributed by atoms with van der Waals surface area (Å²) in [6.45, 7) is 1.35. The summed E-state index contributed by atoms with van der Waals surface area (Å²) in [5.74, 6) is -12.1. The zero-order valence-corrected chi connectivity index (χ0v) is 23.9. The fourth-order valence-corrected chi connectivity index (χ4v) is 3.87. The van der Waals surface area contributed by atoms with Crippen molar-refractivity contribution in [2.45, 2.75) is 56.7 Å². The van der Waals surface area contributed by atoms with Gasteiger partial charge in [-0.2, -0.15) is 30.7 Å². The predicted molar refractivity (Wildman–Crippen MR) is 140 cm³/mol. The minimum absolute atomic E-state index is 0.117. The van der Waals surface area contributed by atoms with E-state index in [2.05, 4.69) is 15.9 Å². The van der Waals surface area contributed by atoms with Gasteiger partial charge < -0.3 is 24.2 Å². The van der Waals surface area contributed by atoms with Crippen LogP contribution in [0.2, 0.25) is 0 Å². The largest absolute Gasteiger partial charge is 0.492 e. The van der Waals surface area contributed by atoms with Crippen LogP contribution >= 0.6 is 15.9 Å². The number of halogens is 8. The molecular formula is C27H29BrF7NO6. The summed E-state index contributed by atoms with van der Waals surface area (Å²) in [5.41, 5.74) is 0.663. The number of alkyl halides is 7. The molecule has 15 heteroatoms. The molecule has 0 fully saturated rings. The Morgan fingerprint density at radius 2 is 1.50 bits per heavy atom. The highest BCUT2D eigenvalue weighted by Gasteiger charge is 2.72. The number of carbonyl (C=O) groups excluding carboxylic acids is 1. The minimum atomic E-state index is -6.41. The second-order valence-corrected chi connectivity index (χ2v) is 9.94. The number of ether oxygens (including phenoxy) is 3. The molecule has 7 nitrogen and oxygen atoms in total. The van der Waals surface area contributed by atoms with Crippen LogP contribution in [0.15, 0.2) is 53.0 Å². The molecule has 0 saturated carbocycles. The van der Waals surface area contributed by atoms with E-state index in [0.29, 0.717) is 15.8 Å². The molecule has 0 saturated heterocycles. The number of amides is 1. The third-order valence-electron chi connectivity index (χ3n) is 5.88. The van der Waals surface area contributed by atoms with Crippen molar-refractivity contribution in [2.75, 3.05) is 26.3 Å². The lowest BCUT2D eigenvalue weighted by atomic mass is 10.0. The summed E-state index contributed by atoms with van der Waals surface area (Å²) < 4.78 is 107. The van der Waals surface area contributed by atoms with Gasteiger partial charge in [0.05, 0.1) is 6.54 Å². The smallest absolute Gasteiger partial charge is 0.459 e. The van der Waals surface area contributed by atoms with Gasteiger partial charge in [0.15, 0.2) is 6.10 Å². The van der Waals surface area contributed by atoms with E-state index in [1.165, 1.54) is 12.1 Å². The van der Waals surface area contributed by atoms with Crippen LogP contribution in [-0.4, -0.2) is 72.5 Å². The lowest BCUT2D eigenvalue weighted by Crippen LogP contribution is -2.51. The normalized spacial score (nSPS) is 13.0. The third kappa shape index (κ3) is 10.3. The molecule has 0 bridgehead atoms. The first-order valence-corrected chi connectivity index (χ1v) is 13.5. The average molecular weight is 676 g/mol. The van der Waals surface area contributed by atoms with Crippen LogP contribution in [0.4, 0.5) is 35.5 Å². The van der Waals surface area contributed by atoms with Gasteiger partial charge in [-0.3, -0.25) is 0 Å². The molecule has 42 heavy (non-hydrogen) atoms. The highest BCUT2D eigenvalue weighted by molar-refractivity contribution is 9.10. The molecule has 0 aromatic heterocycles. The van der Waals surface area contributed by atoms with Gasteiger partial charge in [-0.1, -0.05) is 28.1 Å². The monoisotopic (exact) mass is 675 g/mol. The number of aliphatic carboxylic acids is 1. The topological polar surface area (TPSA) is 85.3 Å². The standard InChI is InChI=1S/C27H29BrF7NO6/c1-2-40-22(23(37)38)17-18-5-9-20(10-6-18)41-16-15-36(24(39)42-21-11-7-19(28)8-12-21)14-4-3-13-25(29,30)26(31,32)27(33,34)35/h5-12,22H,2-4,13-17H2,1H3,(H,37,38). The summed E-state index contributed by atoms with van der Waals surface area (Å²) in [5, 5.41) is 9.21. The van der Waals surface area contributed by atoms with E-state index in [0.717, 1.165) is 4.90 Å².